The van der Waals surface area contributed by atoms with Gasteiger partial charge in [0.05, 0.1) is 11.8 Å². The zero-order chi connectivity index (χ0) is 25.2. The molecule has 182 valence electrons. The van der Waals surface area contributed by atoms with E-state index in [0.717, 1.165) is 26.9 Å². The van der Waals surface area contributed by atoms with Gasteiger partial charge < -0.3 is 5.32 Å². The number of nitrogens with zero attached hydrogens (tertiary/aromatic N) is 3. The largest absolute Gasteiger partial charge is 0.326 e. The summed E-state index contributed by atoms with van der Waals surface area (Å²) < 4.78 is 14.5. The number of halogens is 2. The van der Waals surface area contributed by atoms with Crippen LogP contribution in [-0.2, 0) is 9.59 Å². The Bertz CT molecular complexity index is 1390. The van der Waals surface area contributed by atoms with Gasteiger partial charge in [0.2, 0.25) is 5.91 Å². The number of benzene rings is 3. The third kappa shape index (κ3) is 5.42. The van der Waals surface area contributed by atoms with Crippen molar-refractivity contribution in [3.63, 3.8) is 0 Å². The van der Waals surface area contributed by atoms with E-state index in [0.29, 0.717) is 17.3 Å². The number of amides is 2. The lowest BCUT2D eigenvalue weighted by atomic mass is 9.98. The lowest BCUT2D eigenvalue weighted by Crippen LogP contribution is -2.25. The molecule has 1 N–H and O–H groups in total. The van der Waals surface area contributed by atoms with E-state index in [2.05, 4.69) is 26.2 Å². The van der Waals surface area contributed by atoms with Gasteiger partial charge in [-0.3, -0.25) is 9.59 Å². The van der Waals surface area contributed by atoms with E-state index in [-0.39, 0.29) is 30.1 Å². The molecular formula is C27H22BrFN4O2S. The molecule has 0 spiro atoms. The molecular weight excluding hydrogens is 543 g/mol. The Morgan fingerprint density at radius 3 is 2.67 bits per heavy atom. The predicted octanol–water partition coefficient (Wildman–Crippen LogP) is 6.07. The summed E-state index contributed by atoms with van der Waals surface area (Å²) in [6.07, 6.45) is 0.566. The van der Waals surface area contributed by atoms with Crippen LogP contribution in [0, 0.1) is 12.7 Å². The molecule has 0 aromatic heterocycles. The second kappa shape index (κ2) is 10.4. The van der Waals surface area contributed by atoms with Gasteiger partial charge in [0.25, 0.3) is 5.91 Å². The van der Waals surface area contributed by atoms with Crippen molar-refractivity contribution < 1.29 is 14.0 Å². The quantitative estimate of drug-likeness (QED) is 0.408. The molecule has 0 saturated carbocycles. The van der Waals surface area contributed by atoms with Gasteiger partial charge >= 0.3 is 0 Å². The highest BCUT2D eigenvalue weighted by molar-refractivity contribution is 9.10. The first-order valence-electron chi connectivity index (χ1n) is 11.4. The van der Waals surface area contributed by atoms with Crippen LogP contribution in [0.15, 0.2) is 87.4 Å². The molecule has 5 rings (SSSR count). The summed E-state index contributed by atoms with van der Waals surface area (Å²) >= 11 is 4.74. The van der Waals surface area contributed by atoms with Gasteiger partial charge in [0.15, 0.2) is 5.17 Å². The first kappa shape index (κ1) is 24.4. The number of carbonyl (C=O) groups is 2. The number of hydrazone groups is 1. The van der Waals surface area contributed by atoms with Gasteiger partial charge in [-0.25, -0.2) is 9.40 Å². The lowest BCUT2D eigenvalue weighted by Gasteiger charge is -2.23. The standard InChI is InChI=1S/C27H22BrFN4O2S/c1-16-4-2-7-21(12-16)30-25(34)15-24-26(35)31-27(36-24)33-23(17-8-10-20(29)11-9-17)14-22(32-33)18-5-3-6-19(28)13-18/h2-13,23-24H,14-15H2,1H3,(H,30,34)/t23-,24-/m0/s1. The molecule has 0 fully saturated rings. The molecule has 0 aliphatic carbocycles. The number of aliphatic imine (C=N–C) groups is 1. The highest BCUT2D eigenvalue weighted by Gasteiger charge is 2.39. The van der Waals surface area contributed by atoms with E-state index in [1.165, 1.54) is 23.9 Å². The Morgan fingerprint density at radius 1 is 1.14 bits per heavy atom. The number of aryl methyl sites for hydroxylation is 1. The van der Waals surface area contributed by atoms with Crippen LogP contribution in [0.3, 0.4) is 0 Å². The third-order valence-corrected chi connectivity index (χ3v) is 7.56. The van der Waals surface area contributed by atoms with Crippen LogP contribution in [0.5, 0.6) is 0 Å². The van der Waals surface area contributed by atoms with Crippen LogP contribution in [0.1, 0.15) is 35.6 Å². The van der Waals surface area contributed by atoms with Crippen molar-refractivity contribution in [2.75, 3.05) is 5.32 Å². The summed E-state index contributed by atoms with van der Waals surface area (Å²) in [7, 11) is 0. The minimum atomic E-state index is -0.635. The fraction of sp³-hybridized carbons (Fsp3) is 0.185. The SMILES string of the molecule is Cc1cccc(NC(=O)C[C@@H]2SC(N3N=C(c4cccc(Br)c4)C[C@H]3c3ccc(F)cc3)=NC2=O)c1. The smallest absolute Gasteiger partial charge is 0.262 e. The molecule has 2 aliphatic rings. The molecule has 2 aliphatic heterocycles. The maximum atomic E-state index is 13.6. The fourth-order valence-electron chi connectivity index (χ4n) is 4.18. The number of thioether (sulfide) groups is 1. The molecule has 0 radical (unpaired) electrons. The lowest BCUT2D eigenvalue weighted by molar-refractivity contribution is -0.121. The molecule has 3 aromatic carbocycles. The Hall–Kier alpha value is -3.30. The Morgan fingerprint density at radius 2 is 1.92 bits per heavy atom. The van der Waals surface area contributed by atoms with E-state index in [4.69, 9.17) is 5.10 Å². The number of hydrogen-bond acceptors (Lipinski definition) is 5. The Kier molecular flexibility index (Phi) is 7.02. The van der Waals surface area contributed by atoms with Crippen molar-refractivity contribution in [2.24, 2.45) is 10.1 Å². The first-order valence-corrected chi connectivity index (χ1v) is 13.1. The summed E-state index contributed by atoms with van der Waals surface area (Å²) in [6.45, 7) is 1.95. The van der Waals surface area contributed by atoms with Crippen LogP contribution >= 0.6 is 27.7 Å². The number of hydrogen-bond donors (Lipinski definition) is 1. The van der Waals surface area contributed by atoms with E-state index >= 15 is 0 Å². The van der Waals surface area contributed by atoms with Crippen molar-refractivity contribution >= 4 is 56.1 Å². The van der Waals surface area contributed by atoms with Crippen LogP contribution in [0.4, 0.5) is 10.1 Å². The van der Waals surface area contributed by atoms with Gasteiger partial charge in [-0.05, 0) is 60.0 Å². The number of carbonyl (C=O) groups excluding carboxylic acids is 2. The maximum absolute atomic E-state index is 13.6. The number of rotatable bonds is 5. The molecule has 2 amide bonds. The molecule has 0 saturated heterocycles. The van der Waals surface area contributed by atoms with Crippen molar-refractivity contribution in [1.29, 1.82) is 0 Å². The Labute approximate surface area is 220 Å². The average Bonchev–Trinajstić information content (AvgIpc) is 3.44. The number of anilines is 1. The summed E-state index contributed by atoms with van der Waals surface area (Å²) in [5.41, 5.74) is 4.37. The molecule has 6 nitrogen and oxygen atoms in total. The van der Waals surface area contributed by atoms with Gasteiger partial charge in [-0.1, -0.05) is 64.1 Å². The number of nitrogens with one attached hydrogen (secondary N) is 1. The molecule has 0 unspecified atom stereocenters. The fourth-order valence-corrected chi connectivity index (χ4v) is 5.64. The first-order chi connectivity index (χ1) is 17.4. The van der Waals surface area contributed by atoms with Crippen molar-refractivity contribution in [1.82, 2.24) is 5.01 Å². The van der Waals surface area contributed by atoms with Crippen LogP contribution in [0.2, 0.25) is 0 Å². The van der Waals surface area contributed by atoms with Gasteiger partial charge in [0.1, 0.15) is 11.1 Å². The van der Waals surface area contributed by atoms with Gasteiger partial charge in [-0.2, -0.15) is 10.1 Å². The molecule has 9 heteroatoms. The maximum Gasteiger partial charge on any atom is 0.262 e. The highest BCUT2D eigenvalue weighted by atomic mass is 79.9. The van der Waals surface area contributed by atoms with Crippen LogP contribution < -0.4 is 5.32 Å². The van der Waals surface area contributed by atoms with Crippen LogP contribution in [-0.4, -0.2) is 33.0 Å². The zero-order valence-corrected chi connectivity index (χ0v) is 21.7. The molecule has 2 heterocycles. The van der Waals surface area contributed by atoms with Gasteiger partial charge in [-0.15, -0.1) is 0 Å². The zero-order valence-electron chi connectivity index (χ0n) is 19.3. The molecule has 0 bridgehead atoms. The van der Waals surface area contributed by atoms with E-state index in [1.807, 2.05) is 55.5 Å². The van der Waals surface area contributed by atoms with Crippen molar-refractivity contribution in [3.05, 3.63) is 99.8 Å². The highest BCUT2D eigenvalue weighted by Crippen LogP contribution is 2.39. The topological polar surface area (TPSA) is 74.1 Å². The Balaban J connectivity index is 1.36. The third-order valence-electron chi connectivity index (χ3n) is 5.92. The van der Waals surface area contributed by atoms with Gasteiger partial charge in [0, 0.05) is 23.0 Å². The average molecular weight is 565 g/mol. The monoisotopic (exact) mass is 564 g/mol. The summed E-state index contributed by atoms with van der Waals surface area (Å²) in [4.78, 5) is 29.6. The second-order valence-electron chi connectivity index (χ2n) is 8.63. The predicted molar refractivity (Wildman–Crippen MR) is 145 cm³/mol. The van der Waals surface area contributed by atoms with E-state index in [1.54, 1.807) is 17.1 Å². The minimum absolute atomic E-state index is 0.00169. The second-order valence-corrected chi connectivity index (χ2v) is 10.7. The van der Waals surface area contributed by atoms with Crippen molar-refractivity contribution in [2.45, 2.75) is 31.1 Å². The molecule has 2 atom stereocenters. The summed E-state index contributed by atoms with van der Waals surface area (Å²) in [6, 6.07) is 21.4. The van der Waals surface area contributed by atoms with E-state index in [9.17, 15) is 14.0 Å². The summed E-state index contributed by atoms with van der Waals surface area (Å²) in [5, 5.41) is 9.20. The van der Waals surface area contributed by atoms with Crippen LogP contribution in [0.25, 0.3) is 0 Å². The normalized spacial score (nSPS) is 19.3. The van der Waals surface area contributed by atoms with Crippen molar-refractivity contribution in [3.8, 4) is 0 Å². The minimum Gasteiger partial charge on any atom is -0.326 e. The van der Waals surface area contributed by atoms with E-state index < -0.39 is 5.25 Å². The number of amidine groups is 1. The summed E-state index contributed by atoms with van der Waals surface area (Å²) in [5.74, 6) is -0.935. The molecule has 36 heavy (non-hydrogen) atoms. The molecule has 3 aromatic rings.